The summed E-state index contributed by atoms with van der Waals surface area (Å²) < 4.78 is 6.52. The minimum absolute atomic E-state index is 0.0104. The molecule has 1 aliphatic rings. The van der Waals surface area contributed by atoms with E-state index in [1.165, 1.54) is 4.57 Å². The molecule has 1 unspecified atom stereocenters. The maximum atomic E-state index is 11.9. The largest absolute Gasteiger partial charge is 0.419 e. The lowest BCUT2D eigenvalue weighted by atomic mass is 10.2. The molecule has 0 aliphatic carbocycles. The van der Waals surface area contributed by atoms with Crippen LogP contribution in [0, 0.1) is 0 Å². The van der Waals surface area contributed by atoms with Gasteiger partial charge >= 0.3 is 5.76 Å². The average molecular weight is 293 g/mol. The van der Waals surface area contributed by atoms with Crippen molar-refractivity contribution in [2.75, 3.05) is 11.6 Å². The van der Waals surface area contributed by atoms with E-state index in [2.05, 4.69) is 10.6 Å². The van der Waals surface area contributed by atoms with Crippen LogP contribution in [0.25, 0.3) is 11.1 Å². The molecule has 1 fully saturated rings. The van der Waals surface area contributed by atoms with Gasteiger partial charge in [0.2, 0.25) is 5.91 Å². The molecule has 2 heterocycles. The number of carbonyl (C=O) groups is 1. The number of nitrogens with one attached hydrogen (secondary N) is 2. The summed E-state index contributed by atoms with van der Waals surface area (Å²) in [5, 5.41) is 6.02. The van der Waals surface area contributed by atoms with E-state index in [9.17, 15) is 9.59 Å². The van der Waals surface area contributed by atoms with E-state index in [0.717, 1.165) is 22.7 Å². The third kappa shape index (κ3) is 2.46. The Balaban J connectivity index is 1.72. The van der Waals surface area contributed by atoms with E-state index in [1.54, 1.807) is 24.9 Å². The van der Waals surface area contributed by atoms with Crippen LogP contribution in [0.1, 0.15) is 5.56 Å². The van der Waals surface area contributed by atoms with Gasteiger partial charge in [-0.25, -0.2) is 4.79 Å². The second-order valence-corrected chi connectivity index (χ2v) is 5.75. The van der Waals surface area contributed by atoms with Crippen molar-refractivity contribution in [2.45, 2.75) is 12.6 Å². The molecule has 1 aromatic heterocycles. The maximum absolute atomic E-state index is 11.9. The van der Waals surface area contributed by atoms with Crippen molar-refractivity contribution in [2.24, 2.45) is 7.05 Å². The highest BCUT2D eigenvalue weighted by atomic mass is 32.2. The van der Waals surface area contributed by atoms with Crippen molar-refractivity contribution in [1.29, 1.82) is 0 Å². The SMILES string of the molecule is Cn1c(=O)oc2ccc(CNC(=O)C3CSCN3)cc21. The fraction of sp³-hybridized carbons (Fsp3) is 0.385. The van der Waals surface area contributed by atoms with Crippen LogP contribution in [0.3, 0.4) is 0 Å². The van der Waals surface area contributed by atoms with Gasteiger partial charge in [0.15, 0.2) is 5.58 Å². The molecule has 20 heavy (non-hydrogen) atoms. The van der Waals surface area contributed by atoms with E-state index in [1.807, 2.05) is 12.1 Å². The Hall–Kier alpha value is -1.73. The zero-order valence-corrected chi connectivity index (χ0v) is 11.8. The molecule has 0 spiro atoms. The van der Waals surface area contributed by atoms with Crippen LogP contribution in [0.5, 0.6) is 0 Å². The predicted molar refractivity (Wildman–Crippen MR) is 77.6 cm³/mol. The zero-order valence-electron chi connectivity index (χ0n) is 11.0. The number of aromatic nitrogens is 1. The first-order chi connectivity index (χ1) is 9.65. The quantitative estimate of drug-likeness (QED) is 0.857. The highest BCUT2D eigenvalue weighted by molar-refractivity contribution is 7.99. The van der Waals surface area contributed by atoms with Crippen LogP contribution >= 0.6 is 11.8 Å². The summed E-state index contributed by atoms with van der Waals surface area (Å²) in [6.07, 6.45) is 0. The Morgan fingerprint density at radius 3 is 3.20 bits per heavy atom. The molecule has 1 saturated heterocycles. The number of nitrogens with zero attached hydrogens (tertiary/aromatic N) is 1. The number of hydrogen-bond donors (Lipinski definition) is 2. The Kier molecular flexibility index (Phi) is 3.54. The molecule has 0 bridgehead atoms. The van der Waals surface area contributed by atoms with E-state index in [4.69, 9.17) is 4.42 Å². The van der Waals surface area contributed by atoms with Crippen molar-refractivity contribution in [3.05, 3.63) is 34.3 Å². The van der Waals surface area contributed by atoms with Gasteiger partial charge in [0, 0.05) is 25.2 Å². The highest BCUT2D eigenvalue weighted by Crippen LogP contribution is 2.14. The van der Waals surface area contributed by atoms with Crippen molar-refractivity contribution in [3.63, 3.8) is 0 Å². The number of aryl methyl sites for hydroxylation is 1. The topological polar surface area (TPSA) is 76.3 Å². The Labute approximate surface area is 119 Å². The molecule has 1 aromatic carbocycles. The van der Waals surface area contributed by atoms with Crippen molar-refractivity contribution >= 4 is 28.8 Å². The third-order valence-electron chi connectivity index (χ3n) is 3.36. The molecule has 1 amide bonds. The summed E-state index contributed by atoms with van der Waals surface area (Å²) in [4.78, 5) is 23.3. The number of hydrogen-bond acceptors (Lipinski definition) is 5. The first-order valence-electron chi connectivity index (χ1n) is 6.32. The van der Waals surface area contributed by atoms with Gasteiger partial charge in [-0.05, 0) is 17.7 Å². The van der Waals surface area contributed by atoms with E-state index in [0.29, 0.717) is 12.1 Å². The summed E-state index contributed by atoms with van der Waals surface area (Å²) in [6.45, 7) is 0.441. The molecule has 0 radical (unpaired) electrons. The van der Waals surface area contributed by atoms with Gasteiger partial charge in [0.1, 0.15) is 0 Å². The van der Waals surface area contributed by atoms with Crippen LogP contribution in [0.15, 0.2) is 27.4 Å². The normalized spacial score (nSPS) is 18.6. The lowest BCUT2D eigenvalue weighted by molar-refractivity contribution is -0.122. The van der Waals surface area contributed by atoms with Gasteiger partial charge in [-0.1, -0.05) is 6.07 Å². The van der Waals surface area contributed by atoms with Gasteiger partial charge in [0.25, 0.3) is 0 Å². The van der Waals surface area contributed by atoms with Crippen molar-refractivity contribution in [3.8, 4) is 0 Å². The van der Waals surface area contributed by atoms with Crippen molar-refractivity contribution in [1.82, 2.24) is 15.2 Å². The maximum Gasteiger partial charge on any atom is 0.419 e. The first-order valence-corrected chi connectivity index (χ1v) is 7.48. The van der Waals surface area contributed by atoms with Crippen LogP contribution in [0.4, 0.5) is 0 Å². The van der Waals surface area contributed by atoms with Crippen LogP contribution in [0.2, 0.25) is 0 Å². The number of thioether (sulfide) groups is 1. The first kappa shape index (κ1) is 13.3. The van der Waals surface area contributed by atoms with Gasteiger partial charge in [-0.15, -0.1) is 11.8 Å². The minimum atomic E-state index is -0.381. The summed E-state index contributed by atoms with van der Waals surface area (Å²) in [7, 11) is 1.66. The second-order valence-electron chi connectivity index (χ2n) is 4.72. The second kappa shape index (κ2) is 5.34. The summed E-state index contributed by atoms with van der Waals surface area (Å²) >= 11 is 1.72. The lowest BCUT2D eigenvalue weighted by Crippen LogP contribution is -2.41. The molecule has 7 heteroatoms. The number of oxazole rings is 1. The van der Waals surface area contributed by atoms with Gasteiger partial charge in [-0.2, -0.15) is 0 Å². The number of benzene rings is 1. The fourth-order valence-corrected chi connectivity index (χ4v) is 3.10. The van der Waals surface area contributed by atoms with Crippen LogP contribution < -0.4 is 16.4 Å². The monoisotopic (exact) mass is 293 g/mol. The van der Waals surface area contributed by atoms with Crippen molar-refractivity contribution < 1.29 is 9.21 Å². The van der Waals surface area contributed by atoms with Crippen LogP contribution in [-0.4, -0.2) is 28.1 Å². The molecule has 2 aromatic rings. The average Bonchev–Trinajstić information content (AvgIpc) is 3.07. The molecule has 0 saturated carbocycles. The molecule has 2 N–H and O–H groups in total. The Morgan fingerprint density at radius 2 is 2.45 bits per heavy atom. The van der Waals surface area contributed by atoms with Gasteiger partial charge in [-0.3, -0.25) is 14.7 Å². The van der Waals surface area contributed by atoms with E-state index < -0.39 is 0 Å². The van der Waals surface area contributed by atoms with Gasteiger partial charge < -0.3 is 9.73 Å². The van der Waals surface area contributed by atoms with Crippen LogP contribution in [-0.2, 0) is 18.4 Å². The molecule has 106 valence electrons. The Bertz CT molecular complexity index is 700. The number of fused-ring (bicyclic) bond motifs is 1. The highest BCUT2D eigenvalue weighted by Gasteiger charge is 2.21. The molecular weight excluding hydrogens is 278 g/mol. The number of rotatable bonds is 3. The third-order valence-corrected chi connectivity index (χ3v) is 4.30. The molecule has 1 atom stereocenters. The smallest absolute Gasteiger partial charge is 0.408 e. The standard InChI is InChI=1S/C13H15N3O3S/c1-16-10-4-8(2-3-11(10)19-13(16)18)5-14-12(17)9-6-20-7-15-9/h2-4,9,15H,5-7H2,1H3,(H,14,17). The zero-order chi connectivity index (χ0) is 14.1. The fourth-order valence-electron chi connectivity index (χ4n) is 2.16. The number of amides is 1. The molecular formula is C13H15N3O3S. The summed E-state index contributed by atoms with van der Waals surface area (Å²) in [6, 6.07) is 5.35. The predicted octanol–water partition coefficient (Wildman–Crippen LogP) is 0.410. The Morgan fingerprint density at radius 1 is 1.60 bits per heavy atom. The summed E-state index contributed by atoms with van der Waals surface area (Å²) in [5.74, 6) is 1.26. The minimum Gasteiger partial charge on any atom is -0.408 e. The summed E-state index contributed by atoms with van der Waals surface area (Å²) in [5.41, 5.74) is 2.23. The molecule has 3 rings (SSSR count). The molecule has 6 nitrogen and oxygen atoms in total. The van der Waals surface area contributed by atoms with E-state index >= 15 is 0 Å². The number of carbonyl (C=O) groups excluding carboxylic acids is 1. The van der Waals surface area contributed by atoms with E-state index in [-0.39, 0.29) is 17.7 Å². The molecule has 1 aliphatic heterocycles. The van der Waals surface area contributed by atoms with Gasteiger partial charge in [0.05, 0.1) is 11.6 Å². The lowest BCUT2D eigenvalue weighted by Gasteiger charge is -2.10.